The third-order valence-electron chi connectivity index (χ3n) is 5.82. The molecule has 3 aromatic rings. The molecule has 2 aromatic heterocycles. The van der Waals surface area contributed by atoms with Gasteiger partial charge in [0.25, 0.3) is 5.91 Å². The van der Waals surface area contributed by atoms with Gasteiger partial charge in [0.05, 0.1) is 5.69 Å². The number of carbonyl (C=O) groups excluding carboxylic acids is 1. The van der Waals surface area contributed by atoms with Crippen LogP contribution in [0.5, 0.6) is 11.5 Å². The molecule has 2 aliphatic heterocycles. The molecule has 0 saturated carbocycles. The molecule has 0 atom stereocenters. The highest BCUT2D eigenvalue weighted by molar-refractivity contribution is 5.95. The Hall–Kier alpha value is -3.62. The van der Waals surface area contributed by atoms with Gasteiger partial charge in [-0.25, -0.2) is 15.0 Å². The van der Waals surface area contributed by atoms with E-state index in [1.165, 1.54) is 0 Å². The molecule has 9 nitrogen and oxygen atoms in total. The number of imidazole rings is 1. The number of ether oxygens (including phenoxy) is 2. The summed E-state index contributed by atoms with van der Waals surface area (Å²) in [6.07, 6.45) is 1.79. The van der Waals surface area contributed by atoms with Crippen LogP contribution < -0.4 is 14.4 Å². The van der Waals surface area contributed by atoms with Gasteiger partial charge in [-0.05, 0) is 39.0 Å². The summed E-state index contributed by atoms with van der Waals surface area (Å²) in [4.78, 5) is 30.6. The third kappa shape index (κ3) is 3.56. The molecule has 5 rings (SSSR count). The van der Waals surface area contributed by atoms with Crippen molar-refractivity contribution in [1.29, 1.82) is 0 Å². The molecule has 1 aromatic carbocycles. The number of rotatable bonds is 3. The first kappa shape index (κ1) is 19.3. The van der Waals surface area contributed by atoms with E-state index >= 15 is 0 Å². The lowest BCUT2D eigenvalue weighted by Crippen LogP contribution is -2.49. The van der Waals surface area contributed by atoms with Crippen molar-refractivity contribution in [2.24, 2.45) is 0 Å². The van der Waals surface area contributed by atoms with E-state index in [0.717, 1.165) is 23.0 Å². The van der Waals surface area contributed by atoms with Crippen molar-refractivity contribution in [2.75, 3.05) is 37.9 Å². The Morgan fingerprint density at radius 3 is 2.42 bits per heavy atom. The first-order chi connectivity index (χ1) is 15.0. The van der Waals surface area contributed by atoms with Gasteiger partial charge >= 0.3 is 0 Å². The topological polar surface area (TPSA) is 85.6 Å². The Kier molecular flexibility index (Phi) is 4.72. The molecule has 4 heterocycles. The smallest absolute Gasteiger partial charge is 0.254 e. The van der Waals surface area contributed by atoms with Gasteiger partial charge in [0.15, 0.2) is 11.5 Å². The average Bonchev–Trinajstić information content (AvgIpc) is 3.39. The molecule has 0 aliphatic carbocycles. The zero-order valence-electron chi connectivity index (χ0n) is 17.8. The number of anilines is 1. The predicted octanol–water partition coefficient (Wildman–Crippen LogP) is 2.28. The van der Waals surface area contributed by atoms with Crippen molar-refractivity contribution in [3.63, 3.8) is 0 Å². The maximum atomic E-state index is 13.0. The minimum atomic E-state index is 0.00187. The number of fused-ring (bicyclic) bond motifs is 1. The van der Waals surface area contributed by atoms with E-state index in [4.69, 9.17) is 9.47 Å². The highest BCUT2D eigenvalue weighted by Crippen LogP contribution is 2.33. The number of nitrogens with zero attached hydrogens (tertiary/aromatic N) is 6. The zero-order valence-corrected chi connectivity index (χ0v) is 17.8. The molecule has 1 fully saturated rings. The minimum absolute atomic E-state index is 0.00187. The summed E-state index contributed by atoms with van der Waals surface area (Å²) in [5.41, 5.74) is 2.65. The van der Waals surface area contributed by atoms with Crippen molar-refractivity contribution in [3.8, 4) is 17.3 Å². The van der Waals surface area contributed by atoms with Crippen LogP contribution in [0.3, 0.4) is 0 Å². The maximum Gasteiger partial charge on any atom is 0.254 e. The molecule has 0 unspecified atom stereocenters. The molecule has 0 N–H and O–H groups in total. The molecule has 9 heteroatoms. The number of aryl methyl sites for hydroxylation is 2. The highest BCUT2D eigenvalue weighted by Gasteiger charge is 2.25. The standard InChI is InChI=1S/C22H24N6O3/c1-14-15(2)28(12-23-14)21-11-20(24-16(3)25-21)26-6-8-27(9-7-26)22(29)17-4-5-18-19(10-17)31-13-30-18/h4-5,10-12H,6-9,13H2,1-3H3. The van der Waals surface area contributed by atoms with E-state index in [1.54, 1.807) is 24.5 Å². The van der Waals surface area contributed by atoms with Gasteiger partial charge < -0.3 is 19.3 Å². The number of aromatic nitrogens is 4. The average molecular weight is 420 g/mol. The lowest BCUT2D eigenvalue weighted by atomic mass is 10.1. The summed E-state index contributed by atoms with van der Waals surface area (Å²) in [5, 5.41) is 0. The van der Waals surface area contributed by atoms with Crippen LogP contribution in [0.4, 0.5) is 5.82 Å². The number of piperazine rings is 1. The van der Waals surface area contributed by atoms with Crippen LogP contribution in [0.2, 0.25) is 0 Å². The first-order valence-electron chi connectivity index (χ1n) is 10.3. The van der Waals surface area contributed by atoms with Crippen molar-refractivity contribution in [2.45, 2.75) is 20.8 Å². The van der Waals surface area contributed by atoms with Crippen molar-refractivity contribution in [3.05, 3.63) is 53.4 Å². The zero-order chi connectivity index (χ0) is 21.5. The minimum Gasteiger partial charge on any atom is -0.454 e. The number of benzene rings is 1. The normalized spacial score (nSPS) is 15.5. The monoisotopic (exact) mass is 420 g/mol. The second kappa shape index (κ2) is 7.57. The van der Waals surface area contributed by atoms with Crippen LogP contribution in [0.1, 0.15) is 27.6 Å². The Morgan fingerprint density at radius 2 is 1.68 bits per heavy atom. The van der Waals surface area contributed by atoms with Gasteiger partial charge in [0.1, 0.15) is 23.8 Å². The fourth-order valence-electron chi connectivity index (χ4n) is 3.90. The number of hydrogen-bond donors (Lipinski definition) is 0. The second-order valence-corrected chi connectivity index (χ2v) is 7.76. The molecule has 160 valence electrons. The van der Waals surface area contributed by atoms with E-state index in [-0.39, 0.29) is 12.7 Å². The molecule has 0 radical (unpaired) electrons. The van der Waals surface area contributed by atoms with E-state index in [2.05, 4.69) is 19.9 Å². The van der Waals surface area contributed by atoms with Crippen LogP contribution in [0.25, 0.3) is 5.82 Å². The maximum absolute atomic E-state index is 13.0. The van der Waals surface area contributed by atoms with Crippen LogP contribution in [0.15, 0.2) is 30.6 Å². The summed E-state index contributed by atoms with van der Waals surface area (Å²) in [7, 11) is 0. The lowest BCUT2D eigenvalue weighted by molar-refractivity contribution is 0.0746. The number of carbonyl (C=O) groups is 1. The van der Waals surface area contributed by atoms with Gasteiger partial charge in [0, 0.05) is 43.5 Å². The Labute approximate surface area is 180 Å². The van der Waals surface area contributed by atoms with Gasteiger partial charge in [0.2, 0.25) is 6.79 Å². The lowest BCUT2D eigenvalue weighted by Gasteiger charge is -2.35. The van der Waals surface area contributed by atoms with Crippen LogP contribution in [0, 0.1) is 20.8 Å². The molecule has 0 bridgehead atoms. The van der Waals surface area contributed by atoms with E-state index < -0.39 is 0 Å². The number of hydrogen-bond acceptors (Lipinski definition) is 7. The molecule has 1 amide bonds. The van der Waals surface area contributed by atoms with Crippen molar-refractivity contribution < 1.29 is 14.3 Å². The van der Waals surface area contributed by atoms with Gasteiger partial charge in [-0.3, -0.25) is 9.36 Å². The molecule has 31 heavy (non-hydrogen) atoms. The molecular formula is C22H24N6O3. The Balaban J connectivity index is 1.30. The van der Waals surface area contributed by atoms with E-state index in [0.29, 0.717) is 49.1 Å². The fourth-order valence-corrected chi connectivity index (χ4v) is 3.90. The molecule has 2 aliphatic rings. The predicted molar refractivity (Wildman–Crippen MR) is 114 cm³/mol. The van der Waals surface area contributed by atoms with Gasteiger partial charge in [-0.2, -0.15) is 0 Å². The largest absolute Gasteiger partial charge is 0.454 e. The Morgan fingerprint density at radius 1 is 0.935 bits per heavy atom. The Bertz CT molecular complexity index is 1150. The second-order valence-electron chi connectivity index (χ2n) is 7.76. The fraction of sp³-hybridized carbons (Fsp3) is 0.364. The van der Waals surface area contributed by atoms with Gasteiger partial charge in [-0.1, -0.05) is 0 Å². The van der Waals surface area contributed by atoms with E-state index in [1.807, 2.05) is 36.3 Å². The van der Waals surface area contributed by atoms with E-state index in [9.17, 15) is 4.79 Å². The van der Waals surface area contributed by atoms with Crippen molar-refractivity contribution >= 4 is 11.7 Å². The van der Waals surface area contributed by atoms with Crippen LogP contribution in [-0.2, 0) is 0 Å². The molecule has 0 spiro atoms. The molecule has 1 saturated heterocycles. The highest BCUT2D eigenvalue weighted by atomic mass is 16.7. The molecular weight excluding hydrogens is 396 g/mol. The summed E-state index contributed by atoms with van der Waals surface area (Å²) < 4.78 is 12.7. The SMILES string of the molecule is Cc1nc(N2CCN(C(=O)c3ccc4c(c3)OCO4)CC2)cc(-n2cnc(C)c2C)n1. The summed E-state index contributed by atoms with van der Waals surface area (Å²) in [5.74, 6) is 3.68. The third-order valence-corrected chi connectivity index (χ3v) is 5.82. The summed E-state index contributed by atoms with van der Waals surface area (Å²) in [6, 6.07) is 7.32. The van der Waals surface area contributed by atoms with Gasteiger partial charge in [-0.15, -0.1) is 0 Å². The first-order valence-corrected chi connectivity index (χ1v) is 10.3. The number of amides is 1. The summed E-state index contributed by atoms with van der Waals surface area (Å²) >= 11 is 0. The van der Waals surface area contributed by atoms with Crippen molar-refractivity contribution in [1.82, 2.24) is 24.4 Å². The summed E-state index contributed by atoms with van der Waals surface area (Å²) in [6.45, 7) is 8.75. The van der Waals surface area contributed by atoms with Crippen LogP contribution in [-0.4, -0.2) is 63.3 Å². The quantitative estimate of drug-likeness (QED) is 0.643. The van der Waals surface area contributed by atoms with Crippen LogP contribution >= 0.6 is 0 Å².